The number of esters is 1. The number of amides is 2. The number of fused-ring (bicyclic) bond motifs is 1. The molecule has 0 aliphatic heterocycles. The molecule has 0 bridgehead atoms. The summed E-state index contributed by atoms with van der Waals surface area (Å²) in [5, 5.41) is 7.59. The van der Waals surface area contributed by atoms with E-state index in [1.807, 2.05) is 30.3 Å². The Morgan fingerprint density at radius 3 is 2.54 bits per heavy atom. The summed E-state index contributed by atoms with van der Waals surface area (Å²) in [6.45, 7) is -0.259. The lowest BCUT2D eigenvalue weighted by atomic mass is 10.2. The molecule has 7 nitrogen and oxygen atoms in total. The molecule has 0 saturated carbocycles. The van der Waals surface area contributed by atoms with Crippen molar-refractivity contribution in [2.45, 2.75) is 0 Å². The Hall–Kier alpha value is -3.53. The van der Waals surface area contributed by atoms with Gasteiger partial charge in [0.2, 0.25) is 0 Å². The summed E-state index contributed by atoms with van der Waals surface area (Å²) < 4.78 is 7.02. The summed E-state index contributed by atoms with van der Waals surface area (Å²) in [4.78, 5) is 37.0. The van der Waals surface area contributed by atoms with Gasteiger partial charge in [0.1, 0.15) is 10.6 Å². The van der Waals surface area contributed by atoms with Gasteiger partial charge in [0, 0.05) is 14.6 Å². The lowest BCUT2D eigenvalue weighted by Crippen LogP contribution is -2.34. The van der Waals surface area contributed by atoms with Crippen LogP contribution in [0.1, 0.15) is 25.6 Å². The molecular formula is C25H17BrClN3O4S. The number of carbonyl (C=O) groups is 3. The minimum atomic E-state index is -0.494. The Labute approximate surface area is 217 Å². The molecule has 1 aromatic heterocycles. The molecule has 1 heterocycles. The number of carbonyl (C=O) groups excluding carboxylic acids is 3. The fourth-order valence-corrected chi connectivity index (χ4v) is 4.86. The molecule has 0 aliphatic carbocycles. The molecular weight excluding hydrogens is 554 g/mol. The van der Waals surface area contributed by atoms with Crippen LogP contribution in [0.25, 0.3) is 10.1 Å². The van der Waals surface area contributed by atoms with E-state index >= 15 is 0 Å². The smallest absolute Gasteiger partial charge is 0.343 e. The van der Waals surface area contributed by atoms with Gasteiger partial charge in [-0.25, -0.2) is 10.2 Å². The first kappa shape index (κ1) is 24.6. The quantitative estimate of drug-likeness (QED) is 0.134. The normalized spacial score (nSPS) is 10.9. The summed E-state index contributed by atoms with van der Waals surface area (Å²) in [5.74, 6) is -1.02. The molecule has 0 atom stereocenters. The second kappa shape index (κ2) is 11.3. The predicted octanol–water partition coefficient (Wildman–Crippen LogP) is 5.42. The number of rotatable bonds is 7. The first-order valence-electron chi connectivity index (χ1n) is 10.3. The number of thiophene rings is 1. The van der Waals surface area contributed by atoms with E-state index in [0.717, 1.165) is 14.6 Å². The van der Waals surface area contributed by atoms with Crippen LogP contribution in [-0.2, 0) is 4.79 Å². The van der Waals surface area contributed by atoms with Gasteiger partial charge in [-0.05, 0) is 54.1 Å². The van der Waals surface area contributed by atoms with Crippen molar-refractivity contribution >= 4 is 73.0 Å². The van der Waals surface area contributed by atoms with Crippen LogP contribution in [0, 0.1) is 0 Å². The second-order valence-electron chi connectivity index (χ2n) is 7.19. The van der Waals surface area contributed by atoms with E-state index in [4.69, 9.17) is 16.3 Å². The van der Waals surface area contributed by atoms with Gasteiger partial charge in [0.05, 0.1) is 23.3 Å². The van der Waals surface area contributed by atoms with E-state index in [-0.39, 0.29) is 6.54 Å². The Morgan fingerprint density at radius 2 is 1.80 bits per heavy atom. The molecule has 10 heteroatoms. The molecule has 2 amide bonds. The van der Waals surface area contributed by atoms with E-state index in [9.17, 15) is 14.4 Å². The highest BCUT2D eigenvalue weighted by atomic mass is 79.9. The summed E-state index contributed by atoms with van der Waals surface area (Å²) in [5.41, 5.74) is 3.45. The van der Waals surface area contributed by atoms with Crippen LogP contribution in [0.5, 0.6) is 5.75 Å². The fraction of sp³-hybridized carbons (Fsp3) is 0.0400. The van der Waals surface area contributed by atoms with Crippen LogP contribution in [0.4, 0.5) is 0 Å². The third kappa shape index (κ3) is 6.33. The molecule has 2 N–H and O–H groups in total. The molecule has 4 aromatic rings. The van der Waals surface area contributed by atoms with E-state index in [2.05, 4.69) is 31.8 Å². The maximum atomic E-state index is 12.4. The standard InChI is InChI=1S/C25H17BrClN3O4S/c26-17-5-3-4-16(12-17)25(33)34-18-10-8-15(9-11-18)13-29-30-21(31)14-28-24(32)23-22(27)19-6-1-2-7-20(19)35-23/h1-13H,14H2,(H,28,32)(H,30,31). The monoisotopic (exact) mass is 569 g/mol. The molecule has 176 valence electrons. The zero-order valence-electron chi connectivity index (χ0n) is 18.0. The number of benzene rings is 3. The van der Waals surface area contributed by atoms with Crippen molar-refractivity contribution in [1.29, 1.82) is 0 Å². The molecule has 0 radical (unpaired) electrons. The average Bonchev–Trinajstić information content (AvgIpc) is 3.20. The van der Waals surface area contributed by atoms with E-state index in [1.54, 1.807) is 42.5 Å². The zero-order chi connectivity index (χ0) is 24.8. The second-order valence-corrected chi connectivity index (χ2v) is 9.53. The van der Waals surface area contributed by atoms with Gasteiger partial charge in [0.25, 0.3) is 11.8 Å². The highest BCUT2D eigenvalue weighted by Gasteiger charge is 2.17. The average molecular weight is 571 g/mol. The number of nitrogens with one attached hydrogen (secondary N) is 2. The zero-order valence-corrected chi connectivity index (χ0v) is 21.1. The maximum Gasteiger partial charge on any atom is 0.343 e. The van der Waals surface area contributed by atoms with E-state index in [0.29, 0.717) is 26.8 Å². The van der Waals surface area contributed by atoms with Crippen molar-refractivity contribution in [3.8, 4) is 5.75 Å². The highest BCUT2D eigenvalue weighted by Crippen LogP contribution is 2.34. The van der Waals surface area contributed by atoms with E-state index < -0.39 is 17.8 Å². The summed E-state index contributed by atoms with van der Waals surface area (Å²) in [6.07, 6.45) is 1.43. The molecule has 4 rings (SSSR count). The van der Waals surface area contributed by atoms with Gasteiger partial charge >= 0.3 is 5.97 Å². The lowest BCUT2D eigenvalue weighted by molar-refractivity contribution is -0.120. The van der Waals surface area contributed by atoms with Crippen LogP contribution in [-0.4, -0.2) is 30.5 Å². The molecule has 3 aromatic carbocycles. The van der Waals surface area contributed by atoms with Crippen LogP contribution >= 0.6 is 38.9 Å². The highest BCUT2D eigenvalue weighted by molar-refractivity contribution is 9.10. The predicted molar refractivity (Wildman–Crippen MR) is 140 cm³/mol. The third-order valence-electron chi connectivity index (χ3n) is 4.70. The van der Waals surface area contributed by atoms with Crippen LogP contribution in [0.3, 0.4) is 0 Å². The van der Waals surface area contributed by atoms with Crippen LogP contribution in [0.2, 0.25) is 5.02 Å². The van der Waals surface area contributed by atoms with Gasteiger partial charge in [-0.1, -0.05) is 51.8 Å². The Balaban J connectivity index is 1.25. The summed E-state index contributed by atoms with van der Waals surface area (Å²) in [7, 11) is 0. The first-order valence-corrected chi connectivity index (χ1v) is 12.2. The largest absolute Gasteiger partial charge is 0.423 e. The van der Waals surface area contributed by atoms with Gasteiger partial charge in [-0.3, -0.25) is 9.59 Å². The molecule has 0 fully saturated rings. The van der Waals surface area contributed by atoms with E-state index in [1.165, 1.54) is 17.6 Å². The molecule has 35 heavy (non-hydrogen) atoms. The number of halogens is 2. The van der Waals surface area contributed by atoms with Crippen molar-refractivity contribution in [3.05, 3.63) is 98.3 Å². The minimum absolute atomic E-state index is 0.259. The van der Waals surface area contributed by atoms with Crippen molar-refractivity contribution in [3.63, 3.8) is 0 Å². The molecule has 0 unspecified atom stereocenters. The number of ether oxygens (including phenoxy) is 1. The summed E-state index contributed by atoms with van der Waals surface area (Å²) >= 11 is 10.9. The number of nitrogens with zero attached hydrogens (tertiary/aromatic N) is 1. The molecule has 0 aliphatic rings. The molecule has 0 saturated heterocycles. The van der Waals surface area contributed by atoms with Crippen molar-refractivity contribution in [1.82, 2.24) is 10.7 Å². The van der Waals surface area contributed by atoms with Crippen LogP contribution < -0.4 is 15.5 Å². The Kier molecular flexibility index (Phi) is 7.91. The summed E-state index contributed by atoms with van der Waals surface area (Å²) in [6, 6.07) is 20.9. The Morgan fingerprint density at radius 1 is 1.03 bits per heavy atom. The molecule has 0 spiro atoms. The van der Waals surface area contributed by atoms with Crippen molar-refractivity contribution < 1.29 is 19.1 Å². The Bertz CT molecular complexity index is 1440. The van der Waals surface area contributed by atoms with Crippen molar-refractivity contribution in [2.75, 3.05) is 6.54 Å². The topological polar surface area (TPSA) is 96.9 Å². The van der Waals surface area contributed by atoms with Gasteiger partial charge in [-0.15, -0.1) is 11.3 Å². The number of hydrogen-bond acceptors (Lipinski definition) is 6. The lowest BCUT2D eigenvalue weighted by Gasteiger charge is -2.05. The number of hydrogen-bond donors (Lipinski definition) is 2. The maximum absolute atomic E-state index is 12.4. The van der Waals surface area contributed by atoms with Gasteiger partial charge < -0.3 is 10.1 Å². The fourth-order valence-electron chi connectivity index (χ4n) is 3.02. The van der Waals surface area contributed by atoms with Crippen LogP contribution in [0.15, 0.2) is 82.4 Å². The minimum Gasteiger partial charge on any atom is -0.423 e. The first-order chi connectivity index (χ1) is 16.9. The van der Waals surface area contributed by atoms with Crippen molar-refractivity contribution in [2.24, 2.45) is 5.10 Å². The number of hydrazone groups is 1. The van der Waals surface area contributed by atoms with Gasteiger partial charge in [0.15, 0.2) is 0 Å². The SMILES string of the molecule is O=C(CNC(=O)c1sc2ccccc2c1Cl)NN=Cc1ccc(OC(=O)c2cccc(Br)c2)cc1. The third-order valence-corrected chi connectivity index (χ3v) is 6.87. The van der Waals surface area contributed by atoms with Gasteiger partial charge in [-0.2, -0.15) is 5.10 Å².